The topological polar surface area (TPSA) is 26.0 Å². The highest BCUT2D eigenvalue weighted by Gasteiger charge is 2.16. The monoisotopic (exact) mass is 159 g/mol. The Balaban J connectivity index is 0.000000810. The maximum atomic E-state index is 5.71. The quantitative estimate of drug-likeness (QED) is 0.534. The molecule has 0 radical (unpaired) electrons. The van der Waals surface area contributed by atoms with Gasteiger partial charge in [0.05, 0.1) is 0 Å². The highest BCUT2D eigenvalue weighted by molar-refractivity contribution is 5.85. The van der Waals surface area contributed by atoms with Crippen LogP contribution in [-0.2, 0) is 0 Å². The first kappa shape index (κ1) is 9.81. The Labute approximate surface area is 68.8 Å². The summed E-state index contributed by atoms with van der Waals surface area (Å²) in [5.41, 5.74) is 5.71. The summed E-state index contributed by atoms with van der Waals surface area (Å²) in [6.07, 6.45) is 9.87. The van der Waals surface area contributed by atoms with Crippen LogP contribution in [0.1, 0.15) is 25.7 Å². The minimum Gasteiger partial charge on any atom is -0.328 e. The molecule has 10 heavy (non-hydrogen) atoms. The standard InChI is InChI=1S/C8H13N.ClH/c1-2-7-4-3-5-8(9)6-7;/h1,7-8H,3-6,9H2;1H/t7-,8-;/m0./s1. The summed E-state index contributed by atoms with van der Waals surface area (Å²) >= 11 is 0. The predicted molar refractivity (Wildman–Crippen MR) is 46.0 cm³/mol. The summed E-state index contributed by atoms with van der Waals surface area (Å²) in [7, 11) is 0. The number of nitrogens with two attached hydrogens (primary N) is 1. The molecule has 0 amide bonds. The van der Waals surface area contributed by atoms with Gasteiger partial charge in [0.1, 0.15) is 0 Å². The minimum atomic E-state index is 0. The van der Waals surface area contributed by atoms with Crippen molar-refractivity contribution in [1.29, 1.82) is 0 Å². The van der Waals surface area contributed by atoms with Crippen LogP contribution in [0.15, 0.2) is 0 Å². The molecule has 0 bridgehead atoms. The van der Waals surface area contributed by atoms with E-state index in [4.69, 9.17) is 12.2 Å². The zero-order valence-electron chi connectivity index (χ0n) is 6.05. The highest BCUT2D eigenvalue weighted by Crippen LogP contribution is 2.21. The van der Waals surface area contributed by atoms with Gasteiger partial charge in [0.25, 0.3) is 0 Å². The van der Waals surface area contributed by atoms with Crippen molar-refractivity contribution in [3.05, 3.63) is 0 Å². The highest BCUT2D eigenvalue weighted by atomic mass is 35.5. The van der Waals surface area contributed by atoms with E-state index in [9.17, 15) is 0 Å². The molecule has 0 aromatic carbocycles. The Kier molecular flexibility index (Phi) is 4.51. The van der Waals surface area contributed by atoms with Gasteiger partial charge in [0.15, 0.2) is 0 Å². The normalized spacial score (nSPS) is 32.0. The van der Waals surface area contributed by atoms with Crippen molar-refractivity contribution in [1.82, 2.24) is 0 Å². The van der Waals surface area contributed by atoms with E-state index in [2.05, 4.69) is 5.92 Å². The van der Waals surface area contributed by atoms with E-state index in [0.29, 0.717) is 12.0 Å². The molecule has 0 spiro atoms. The Morgan fingerprint density at radius 1 is 1.40 bits per heavy atom. The summed E-state index contributed by atoms with van der Waals surface area (Å²) in [6, 6.07) is 0.375. The van der Waals surface area contributed by atoms with Crippen molar-refractivity contribution in [2.75, 3.05) is 0 Å². The van der Waals surface area contributed by atoms with Crippen LogP contribution in [-0.4, -0.2) is 6.04 Å². The van der Waals surface area contributed by atoms with Crippen LogP contribution in [0.25, 0.3) is 0 Å². The Morgan fingerprint density at radius 3 is 2.50 bits per heavy atom. The molecule has 2 heteroatoms. The molecule has 2 atom stereocenters. The van der Waals surface area contributed by atoms with Crippen LogP contribution in [0.5, 0.6) is 0 Å². The maximum absolute atomic E-state index is 5.71. The fourth-order valence-electron chi connectivity index (χ4n) is 1.38. The van der Waals surface area contributed by atoms with Gasteiger partial charge < -0.3 is 5.73 Å². The van der Waals surface area contributed by atoms with Crippen LogP contribution in [0.4, 0.5) is 0 Å². The lowest BCUT2D eigenvalue weighted by molar-refractivity contribution is 0.381. The third-order valence-corrected chi connectivity index (χ3v) is 1.95. The molecular weight excluding hydrogens is 146 g/mol. The molecule has 0 aromatic heterocycles. The van der Waals surface area contributed by atoms with Crippen LogP contribution in [0.2, 0.25) is 0 Å². The van der Waals surface area contributed by atoms with E-state index in [1.165, 1.54) is 12.8 Å². The lowest BCUT2D eigenvalue weighted by Crippen LogP contribution is -2.26. The number of hydrogen-bond donors (Lipinski definition) is 1. The molecule has 58 valence electrons. The van der Waals surface area contributed by atoms with E-state index in [1.54, 1.807) is 0 Å². The van der Waals surface area contributed by atoms with Gasteiger partial charge in [-0.25, -0.2) is 0 Å². The van der Waals surface area contributed by atoms with Crippen molar-refractivity contribution in [2.45, 2.75) is 31.7 Å². The van der Waals surface area contributed by atoms with Gasteiger partial charge in [-0.05, 0) is 19.3 Å². The van der Waals surface area contributed by atoms with E-state index >= 15 is 0 Å². The van der Waals surface area contributed by atoms with Crippen molar-refractivity contribution < 1.29 is 0 Å². The summed E-state index contributed by atoms with van der Waals surface area (Å²) in [5.74, 6) is 3.22. The Morgan fingerprint density at radius 2 is 2.10 bits per heavy atom. The minimum absolute atomic E-state index is 0. The van der Waals surface area contributed by atoms with E-state index < -0.39 is 0 Å². The molecule has 1 aliphatic rings. The Hall–Kier alpha value is -0.190. The van der Waals surface area contributed by atoms with Crippen LogP contribution >= 0.6 is 12.4 Å². The summed E-state index contributed by atoms with van der Waals surface area (Å²) < 4.78 is 0. The molecule has 0 aromatic rings. The number of hydrogen-bond acceptors (Lipinski definition) is 1. The van der Waals surface area contributed by atoms with Crippen molar-refractivity contribution in [3.63, 3.8) is 0 Å². The molecule has 0 aliphatic heterocycles. The van der Waals surface area contributed by atoms with Crippen LogP contribution < -0.4 is 5.73 Å². The van der Waals surface area contributed by atoms with Gasteiger partial charge in [0, 0.05) is 12.0 Å². The number of halogens is 1. The van der Waals surface area contributed by atoms with E-state index in [-0.39, 0.29) is 12.4 Å². The van der Waals surface area contributed by atoms with Gasteiger partial charge in [0.2, 0.25) is 0 Å². The first-order chi connectivity index (χ1) is 4.33. The predicted octanol–water partition coefficient (Wildman–Crippen LogP) is 1.56. The van der Waals surface area contributed by atoms with Gasteiger partial charge in [-0.3, -0.25) is 0 Å². The molecule has 1 nitrogen and oxygen atoms in total. The third kappa shape index (κ3) is 2.60. The molecule has 1 aliphatic carbocycles. The largest absolute Gasteiger partial charge is 0.328 e. The first-order valence-corrected chi connectivity index (χ1v) is 3.54. The second-order valence-electron chi connectivity index (χ2n) is 2.79. The molecule has 0 saturated heterocycles. The average molecular weight is 160 g/mol. The number of terminal acetylenes is 1. The van der Waals surface area contributed by atoms with Crippen molar-refractivity contribution in [3.8, 4) is 12.3 Å². The first-order valence-electron chi connectivity index (χ1n) is 3.54. The van der Waals surface area contributed by atoms with Crippen molar-refractivity contribution >= 4 is 12.4 Å². The molecular formula is C8H14ClN. The molecule has 2 N–H and O–H groups in total. The summed E-state index contributed by atoms with van der Waals surface area (Å²) in [4.78, 5) is 0. The average Bonchev–Trinajstić information content (AvgIpc) is 1.88. The third-order valence-electron chi connectivity index (χ3n) is 1.95. The van der Waals surface area contributed by atoms with E-state index in [1.807, 2.05) is 0 Å². The SMILES string of the molecule is C#C[C@H]1CCC[C@H](N)C1.Cl. The Bertz CT molecular complexity index is 128. The van der Waals surface area contributed by atoms with Gasteiger partial charge in [-0.15, -0.1) is 24.8 Å². The second-order valence-corrected chi connectivity index (χ2v) is 2.79. The van der Waals surface area contributed by atoms with Gasteiger partial charge in [-0.1, -0.05) is 6.42 Å². The van der Waals surface area contributed by atoms with Crippen molar-refractivity contribution in [2.24, 2.45) is 11.7 Å². The second kappa shape index (κ2) is 4.60. The molecule has 1 rings (SSSR count). The fraction of sp³-hybridized carbons (Fsp3) is 0.750. The molecule has 0 unspecified atom stereocenters. The van der Waals surface area contributed by atoms with E-state index in [0.717, 1.165) is 12.8 Å². The number of rotatable bonds is 0. The zero-order chi connectivity index (χ0) is 6.69. The van der Waals surface area contributed by atoms with Gasteiger partial charge >= 0.3 is 0 Å². The smallest absolute Gasteiger partial charge is 0.0214 e. The van der Waals surface area contributed by atoms with Gasteiger partial charge in [-0.2, -0.15) is 0 Å². The summed E-state index contributed by atoms with van der Waals surface area (Å²) in [6.45, 7) is 0. The maximum Gasteiger partial charge on any atom is 0.0214 e. The molecule has 1 fully saturated rings. The van der Waals surface area contributed by atoms with Crippen LogP contribution in [0.3, 0.4) is 0 Å². The summed E-state index contributed by atoms with van der Waals surface area (Å²) in [5, 5.41) is 0. The lowest BCUT2D eigenvalue weighted by Gasteiger charge is -2.22. The van der Waals surface area contributed by atoms with Crippen LogP contribution in [0, 0.1) is 18.3 Å². The lowest BCUT2D eigenvalue weighted by atomic mass is 9.87. The molecule has 0 heterocycles. The zero-order valence-corrected chi connectivity index (χ0v) is 6.86. The molecule has 1 saturated carbocycles. The fourth-order valence-corrected chi connectivity index (χ4v) is 1.38.